The maximum atomic E-state index is 2.48. The Bertz CT molecular complexity index is 1750. The number of fused-ring (bicyclic) bond motifs is 5. The van der Waals surface area contributed by atoms with Gasteiger partial charge in [0.1, 0.15) is 0 Å². The van der Waals surface area contributed by atoms with E-state index < -0.39 is 0 Å². The monoisotopic (exact) mass is 476 g/mol. The molecule has 34 heavy (non-hydrogen) atoms. The van der Waals surface area contributed by atoms with E-state index in [4.69, 9.17) is 0 Å². The van der Waals surface area contributed by atoms with Crippen LogP contribution in [0.5, 0.6) is 0 Å². The molecule has 7 rings (SSSR count). The fourth-order valence-electron chi connectivity index (χ4n) is 5.32. The molecule has 0 atom stereocenters. The van der Waals surface area contributed by atoms with Crippen molar-refractivity contribution >= 4 is 40.7 Å². The van der Waals surface area contributed by atoms with E-state index in [1.165, 1.54) is 52.8 Å². The molecule has 164 valence electrons. The van der Waals surface area contributed by atoms with Crippen LogP contribution in [0.25, 0.3) is 21.5 Å². The van der Waals surface area contributed by atoms with Gasteiger partial charge in [0, 0.05) is 39.3 Å². The Morgan fingerprint density at radius 1 is 0.853 bits per heavy atom. The van der Waals surface area contributed by atoms with Crippen molar-refractivity contribution in [3.8, 4) is 9.75 Å². The normalized spacial score (nSPS) is 16.2. The second kappa shape index (κ2) is 8.15. The van der Waals surface area contributed by atoms with Gasteiger partial charge < -0.3 is 0 Å². The van der Waals surface area contributed by atoms with Gasteiger partial charge in [0.25, 0.3) is 0 Å². The molecule has 1 aromatic carbocycles. The highest BCUT2D eigenvalue weighted by Crippen LogP contribution is 2.32. The number of hydrogen-bond donors (Lipinski definition) is 0. The van der Waals surface area contributed by atoms with Crippen LogP contribution in [0.4, 0.5) is 0 Å². The summed E-state index contributed by atoms with van der Waals surface area (Å²) in [6.45, 7) is 1.06. The van der Waals surface area contributed by atoms with Gasteiger partial charge in [0.15, 0.2) is 30.9 Å². The quantitative estimate of drug-likeness (QED) is 0.350. The average molecular weight is 477 g/mol. The molecule has 2 nitrogen and oxygen atoms in total. The number of allylic oxidation sites excluding steroid dienone is 2. The zero-order chi connectivity index (χ0) is 22.5. The van der Waals surface area contributed by atoms with Gasteiger partial charge in [-0.1, -0.05) is 24.3 Å². The summed E-state index contributed by atoms with van der Waals surface area (Å²) < 4.78 is 4.78. The van der Waals surface area contributed by atoms with Crippen LogP contribution >= 0.6 is 22.7 Å². The molecule has 0 fully saturated rings. The maximum Gasteiger partial charge on any atom is 0.218 e. The van der Waals surface area contributed by atoms with Gasteiger partial charge in [-0.3, -0.25) is 0 Å². The topological polar surface area (TPSA) is 8.91 Å². The summed E-state index contributed by atoms with van der Waals surface area (Å²) in [5, 5.41) is 6.34. The number of thiophene rings is 2. The predicted molar refractivity (Wildman–Crippen MR) is 141 cm³/mol. The van der Waals surface area contributed by atoms with Crippen LogP contribution in [0.15, 0.2) is 83.9 Å². The summed E-state index contributed by atoms with van der Waals surface area (Å²) in [6, 6.07) is 20.1. The van der Waals surface area contributed by atoms with Crippen molar-refractivity contribution in [2.75, 3.05) is 6.54 Å². The molecule has 3 aromatic heterocycles. The highest BCUT2D eigenvalue weighted by Gasteiger charge is 2.27. The molecular weight excluding hydrogens is 452 g/mol. The van der Waals surface area contributed by atoms with Crippen molar-refractivity contribution in [1.29, 1.82) is 0 Å². The molecule has 4 aromatic rings. The lowest BCUT2D eigenvalue weighted by Crippen LogP contribution is -2.35. The molecule has 0 N–H and O–H groups in total. The third-order valence-electron chi connectivity index (χ3n) is 6.98. The fourth-order valence-corrected chi connectivity index (χ4v) is 7.07. The van der Waals surface area contributed by atoms with E-state index in [0.717, 1.165) is 25.8 Å². The molecular formula is C30H24N2S2+2. The van der Waals surface area contributed by atoms with E-state index in [1.807, 2.05) is 11.3 Å². The van der Waals surface area contributed by atoms with Crippen molar-refractivity contribution in [3.05, 3.63) is 122 Å². The summed E-state index contributed by atoms with van der Waals surface area (Å²) in [5.74, 6) is 0. The Hall–Kier alpha value is -3.34. The number of rotatable bonds is 3. The van der Waals surface area contributed by atoms with Crippen molar-refractivity contribution in [3.63, 3.8) is 0 Å². The largest absolute Gasteiger partial charge is 0.218 e. The zero-order valence-electron chi connectivity index (χ0n) is 18.8. The highest BCUT2D eigenvalue weighted by atomic mass is 32.1. The van der Waals surface area contributed by atoms with Crippen LogP contribution in [0, 0.1) is 16.8 Å². The van der Waals surface area contributed by atoms with E-state index in [0.29, 0.717) is 0 Å². The lowest BCUT2D eigenvalue weighted by molar-refractivity contribution is -0.523. The minimum atomic E-state index is 0.968. The molecule has 0 saturated heterocycles. The predicted octanol–water partition coefficient (Wildman–Crippen LogP) is 5.41. The second-order valence-corrected chi connectivity index (χ2v) is 11.0. The van der Waals surface area contributed by atoms with Gasteiger partial charge in [-0.05, 0) is 52.4 Å². The number of hydrogen-bond acceptors (Lipinski definition) is 2. The number of aromatic nitrogens is 1. The summed E-state index contributed by atoms with van der Waals surface area (Å²) in [7, 11) is 0. The van der Waals surface area contributed by atoms with Crippen LogP contribution in [0.2, 0.25) is 0 Å². The Balaban J connectivity index is 1.34. The lowest BCUT2D eigenvalue weighted by atomic mass is 9.92. The van der Waals surface area contributed by atoms with Gasteiger partial charge in [-0.15, -0.1) is 22.7 Å². The Morgan fingerprint density at radius 2 is 1.82 bits per heavy atom. The second-order valence-electron chi connectivity index (χ2n) is 8.98. The number of nitrogens with zero attached hydrogens (tertiary/aromatic N) is 2. The summed E-state index contributed by atoms with van der Waals surface area (Å²) in [4.78, 5) is 4.00. The van der Waals surface area contributed by atoms with E-state index in [9.17, 15) is 0 Å². The molecule has 0 unspecified atom stereocenters. The standard InChI is InChI=1S/C30H24N2S2/c1-2-15-31-17-13-22-7-8-23-14-18-32-16-12-21(20-26(32)30(23)29(22)25(31)4-1)6-9-24-10-11-28(34-24)27-5-3-19-33-27/h1-12,15-17,19H,13-14,18,20H2/q+2/b9-6+. The summed E-state index contributed by atoms with van der Waals surface area (Å²) in [5.41, 5.74) is 5.74. The lowest BCUT2D eigenvalue weighted by Gasteiger charge is -2.18. The van der Waals surface area contributed by atoms with Crippen LogP contribution in [-0.4, -0.2) is 17.3 Å². The Morgan fingerprint density at radius 3 is 2.76 bits per heavy atom. The smallest absolute Gasteiger partial charge is 0.201 e. The fraction of sp³-hybridized carbons (Fsp3) is 0.133. The molecule has 3 aliphatic rings. The average Bonchev–Trinajstić information content (AvgIpc) is 3.59. The Kier molecular flexibility index (Phi) is 4.81. The van der Waals surface area contributed by atoms with Crippen LogP contribution < -0.4 is 9.46 Å². The molecule has 0 radical (unpaired) electrons. The molecule has 0 saturated carbocycles. The molecule has 0 aliphatic carbocycles. The molecule has 6 heterocycles. The molecule has 0 bridgehead atoms. The highest BCUT2D eigenvalue weighted by molar-refractivity contribution is 7.21. The first-order chi connectivity index (χ1) is 16.8. The van der Waals surface area contributed by atoms with Crippen molar-refractivity contribution in [1.82, 2.24) is 0 Å². The van der Waals surface area contributed by atoms with Gasteiger partial charge in [0.2, 0.25) is 5.35 Å². The molecule has 0 spiro atoms. The van der Waals surface area contributed by atoms with E-state index in [-0.39, 0.29) is 0 Å². The van der Waals surface area contributed by atoms with Crippen LogP contribution in [0.3, 0.4) is 0 Å². The first kappa shape index (κ1) is 20.1. The minimum absolute atomic E-state index is 0.968. The number of pyridine rings is 1. The van der Waals surface area contributed by atoms with Crippen LogP contribution in [0.1, 0.15) is 22.4 Å². The first-order valence-electron chi connectivity index (χ1n) is 11.8. The van der Waals surface area contributed by atoms with Gasteiger partial charge in [-0.25, -0.2) is 4.58 Å². The third-order valence-corrected chi connectivity index (χ3v) is 9.10. The van der Waals surface area contributed by atoms with Crippen LogP contribution in [-0.2, 0) is 12.8 Å². The number of benzene rings is 1. The zero-order valence-corrected chi connectivity index (χ0v) is 20.4. The molecule has 4 heteroatoms. The van der Waals surface area contributed by atoms with Crippen molar-refractivity contribution in [2.45, 2.75) is 19.3 Å². The van der Waals surface area contributed by atoms with E-state index >= 15 is 0 Å². The minimum Gasteiger partial charge on any atom is -0.201 e. The molecule has 0 amide bonds. The van der Waals surface area contributed by atoms with Crippen molar-refractivity contribution < 1.29 is 8.82 Å². The maximum absolute atomic E-state index is 2.48. The molecule has 3 aliphatic heterocycles. The van der Waals surface area contributed by atoms with E-state index in [1.54, 1.807) is 11.3 Å². The van der Waals surface area contributed by atoms with E-state index in [2.05, 4.69) is 106 Å². The van der Waals surface area contributed by atoms with Gasteiger partial charge >= 0.3 is 0 Å². The van der Waals surface area contributed by atoms with Gasteiger partial charge in [0.05, 0.1) is 23.3 Å². The van der Waals surface area contributed by atoms with Gasteiger partial charge in [-0.2, -0.15) is 4.24 Å². The van der Waals surface area contributed by atoms with Crippen molar-refractivity contribution in [2.24, 2.45) is 0 Å². The summed E-state index contributed by atoms with van der Waals surface area (Å²) in [6.07, 6.45) is 16.7. The summed E-state index contributed by atoms with van der Waals surface area (Å²) >= 11 is 3.67. The first-order valence-corrected chi connectivity index (χ1v) is 13.5. The third kappa shape index (κ3) is 3.37. The Labute approximate surface area is 206 Å². The SMILES string of the molecule is C1=C(/C=C/c2ccc(-c3cccs3)s2)CC2=c3c(ccc4c3=c3cccc[n+]3=CC4)CC[N+]2=C1.